The summed E-state index contributed by atoms with van der Waals surface area (Å²) in [7, 11) is 0. The van der Waals surface area contributed by atoms with E-state index in [-0.39, 0.29) is 23.5 Å². The predicted molar refractivity (Wildman–Crippen MR) is 97.8 cm³/mol. The van der Waals surface area contributed by atoms with Gasteiger partial charge >= 0.3 is 11.6 Å². The van der Waals surface area contributed by atoms with Crippen LogP contribution in [-0.2, 0) is 11.3 Å². The van der Waals surface area contributed by atoms with E-state index in [1.807, 2.05) is 0 Å². The molecule has 0 saturated heterocycles. The van der Waals surface area contributed by atoms with Crippen molar-refractivity contribution in [2.45, 2.75) is 6.61 Å². The number of fused-ring (bicyclic) bond motifs is 2. The lowest BCUT2D eigenvalue weighted by Crippen LogP contribution is -2.13. The zero-order chi connectivity index (χ0) is 19.0. The Labute approximate surface area is 151 Å². The molecule has 7 heteroatoms. The van der Waals surface area contributed by atoms with Gasteiger partial charge in [-0.25, -0.2) is 9.59 Å². The Morgan fingerprint density at radius 3 is 2.70 bits per heavy atom. The minimum Gasteiger partial charge on any atom is -0.508 e. The van der Waals surface area contributed by atoms with E-state index in [0.717, 1.165) is 0 Å². The van der Waals surface area contributed by atoms with Crippen LogP contribution in [0.15, 0.2) is 68.6 Å². The van der Waals surface area contributed by atoms with Crippen molar-refractivity contribution in [1.82, 2.24) is 4.98 Å². The number of hydrogen-bond acceptors (Lipinski definition) is 6. The largest absolute Gasteiger partial charge is 0.508 e. The zero-order valence-electron chi connectivity index (χ0n) is 13.9. The number of ether oxygens (including phenoxy) is 1. The van der Waals surface area contributed by atoms with Gasteiger partial charge in [0.1, 0.15) is 17.9 Å². The van der Waals surface area contributed by atoms with Gasteiger partial charge in [0, 0.05) is 40.1 Å². The third-order valence-corrected chi connectivity index (χ3v) is 4.14. The van der Waals surface area contributed by atoms with Gasteiger partial charge in [0.05, 0.1) is 5.56 Å². The first-order chi connectivity index (χ1) is 13.0. The third-order valence-electron chi connectivity index (χ3n) is 4.14. The fraction of sp³-hybridized carbons (Fsp3) is 0.0500. The van der Waals surface area contributed by atoms with Crippen molar-refractivity contribution in [1.29, 1.82) is 0 Å². The molecule has 4 aromatic rings. The lowest BCUT2D eigenvalue weighted by molar-refractivity contribution is 0.0476. The fourth-order valence-corrected chi connectivity index (χ4v) is 2.93. The molecule has 2 aromatic heterocycles. The summed E-state index contributed by atoms with van der Waals surface area (Å²) in [6.45, 7) is -0.188. The number of pyridine rings is 1. The number of aromatic hydroxyl groups is 1. The van der Waals surface area contributed by atoms with Gasteiger partial charge < -0.3 is 19.2 Å². The Balaban J connectivity index is 1.69. The summed E-state index contributed by atoms with van der Waals surface area (Å²) in [4.78, 5) is 38.7. The monoisotopic (exact) mass is 363 g/mol. The quantitative estimate of drug-likeness (QED) is 0.428. The number of carbonyl (C=O) groups excluding carboxylic acids is 1. The van der Waals surface area contributed by atoms with E-state index in [9.17, 15) is 19.5 Å². The number of aromatic nitrogens is 1. The van der Waals surface area contributed by atoms with Crippen LogP contribution in [0.3, 0.4) is 0 Å². The van der Waals surface area contributed by atoms with Crippen molar-refractivity contribution >= 4 is 27.8 Å². The normalized spacial score (nSPS) is 11.0. The molecule has 0 atom stereocenters. The smallest absolute Gasteiger partial charge is 0.339 e. The highest BCUT2D eigenvalue weighted by molar-refractivity contribution is 6.03. The first kappa shape index (κ1) is 16.6. The molecular formula is C20H13NO6. The summed E-state index contributed by atoms with van der Waals surface area (Å²) in [6, 6.07) is 13.6. The Morgan fingerprint density at radius 1 is 1.04 bits per heavy atom. The van der Waals surface area contributed by atoms with Crippen LogP contribution in [0.25, 0.3) is 21.9 Å². The van der Waals surface area contributed by atoms with Gasteiger partial charge in [-0.05, 0) is 18.2 Å². The third kappa shape index (κ3) is 3.18. The first-order valence-corrected chi connectivity index (χ1v) is 8.06. The molecular weight excluding hydrogens is 350 g/mol. The Hall–Kier alpha value is -3.87. The van der Waals surface area contributed by atoms with E-state index < -0.39 is 17.2 Å². The van der Waals surface area contributed by atoms with Crippen molar-refractivity contribution in [2.24, 2.45) is 0 Å². The molecule has 2 N–H and O–H groups in total. The number of phenolic OH excluding ortho intramolecular Hbond substituents is 1. The molecule has 27 heavy (non-hydrogen) atoms. The van der Waals surface area contributed by atoms with Crippen LogP contribution in [0.5, 0.6) is 5.75 Å². The lowest BCUT2D eigenvalue weighted by atomic mass is 10.1. The Kier molecular flexibility index (Phi) is 3.97. The minimum absolute atomic E-state index is 0.0465. The Bertz CT molecular complexity index is 1300. The molecule has 0 aliphatic rings. The van der Waals surface area contributed by atoms with Crippen molar-refractivity contribution in [2.75, 3.05) is 0 Å². The van der Waals surface area contributed by atoms with E-state index >= 15 is 0 Å². The van der Waals surface area contributed by atoms with Gasteiger partial charge in [0.15, 0.2) is 0 Å². The Morgan fingerprint density at radius 2 is 1.85 bits per heavy atom. The number of benzene rings is 2. The average molecular weight is 363 g/mol. The number of carbonyl (C=O) groups is 1. The number of aromatic amines is 1. The van der Waals surface area contributed by atoms with Crippen LogP contribution in [0, 0.1) is 0 Å². The molecule has 0 spiro atoms. The summed E-state index contributed by atoms with van der Waals surface area (Å²) in [5.74, 6) is -0.729. The molecule has 0 aliphatic heterocycles. The van der Waals surface area contributed by atoms with E-state index in [1.165, 1.54) is 24.3 Å². The fourth-order valence-electron chi connectivity index (χ4n) is 2.93. The number of hydrogen-bond donors (Lipinski definition) is 2. The SMILES string of the molecule is O=C(OCc1cc(=O)oc2cc(O)ccc12)c1cc(=O)[nH]c2ccccc12. The molecule has 0 fully saturated rings. The number of H-pyrrole nitrogens is 1. The standard InChI is InChI=1S/C20H13NO6/c22-12-5-6-13-11(7-19(24)27-17(13)8-12)10-26-20(25)15-9-18(23)21-16-4-2-1-3-14(15)16/h1-9,22H,10H2,(H,21,23). The van der Waals surface area contributed by atoms with Crippen LogP contribution >= 0.6 is 0 Å². The first-order valence-electron chi connectivity index (χ1n) is 8.06. The summed E-state index contributed by atoms with van der Waals surface area (Å²) >= 11 is 0. The number of rotatable bonds is 3. The van der Waals surface area contributed by atoms with Crippen LogP contribution in [-0.4, -0.2) is 16.1 Å². The van der Waals surface area contributed by atoms with Gasteiger partial charge in [-0.15, -0.1) is 0 Å². The van der Waals surface area contributed by atoms with Crippen molar-refractivity contribution in [3.05, 3.63) is 86.5 Å². The summed E-state index contributed by atoms with van der Waals surface area (Å²) in [6.07, 6.45) is 0. The molecule has 0 bridgehead atoms. The van der Waals surface area contributed by atoms with Gasteiger partial charge in [0.25, 0.3) is 0 Å². The second kappa shape index (κ2) is 6.45. The van der Waals surface area contributed by atoms with E-state index in [2.05, 4.69) is 4.98 Å². The molecule has 0 amide bonds. The molecule has 4 rings (SSSR count). The highest BCUT2D eigenvalue weighted by Gasteiger charge is 2.15. The van der Waals surface area contributed by atoms with Crippen molar-refractivity contribution < 1.29 is 19.1 Å². The maximum atomic E-state index is 12.5. The lowest BCUT2D eigenvalue weighted by Gasteiger charge is -2.09. The van der Waals surface area contributed by atoms with Gasteiger partial charge in [-0.2, -0.15) is 0 Å². The highest BCUT2D eigenvalue weighted by Crippen LogP contribution is 2.23. The molecule has 2 aromatic carbocycles. The summed E-state index contributed by atoms with van der Waals surface area (Å²) in [5.41, 5.74) is 0.249. The van der Waals surface area contributed by atoms with E-state index in [4.69, 9.17) is 9.15 Å². The molecule has 0 saturated carbocycles. The van der Waals surface area contributed by atoms with E-state index in [1.54, 1.807) is 30.3 Å². The maximum Gasteiger partial charge on any atom is 0.339 e. The molecule has 0 radical (unpaired) electrons. The van der Waals surface area contributed by atoms with Crippen LogP contribution < -0.4 is 11.2 Å². The molecule has 7 nitrogen and oxygen atoms in total. The highest BCUT2D eigenvalue weighted by atomic mass is 16.5. The number of phenols is 1. The van der Waals surface area contributed by atoms with Crippen molar-refractivity contribution in [3.63, 3.8) is 0 Å². The van der Waals surface area contributed by atoms with Gasteiger partial charge in [0.2, 0.25) is 5.56 Å². The van der Waals surface area contributed by atoms with Gasteiger partial charge in [-0.3, -0.25) is 4.79 Å². The number of esters is 1. The second-order valence-corrected chi connectivity index (χ2v) is 5.94. The number of nitrogens with one attached hydrogen (secondary N) is 1. The number of para-hydroxylation sites is 1. The molecule has 2 heterocycles. The summed E-state index contributed by atoms with van der Waals surface area (Å²) in [5, 5.41) is 10.6. The van der Waals surface area contributed by atoms with Crippen molar-refractivity contribution in [3.8, 4) is 5.75 Å². The summed E-state index contributed by atoms with van der Waals surface area (Å²) < 4.78 is 10.4. The van der Waals surface area contributed by atoms with Gasteiger partial charge in [-0.1, -0.05) is 18.2 Å². The second-order valence-electron chi connectivity index (χ2n) is 5.94. The zero-order valence-corrected chi connectivity index (χ0v) is 13.9. The van der Waals surface area contributed by atoms with E-state index in [0.29, 0.717) is 21.9 Å². The van der Waals surface area contributed by atoms with Crippen LogP contribution in [0.1, 0.15) is 15.9 Å². The van der Waals surface area contributed by atoms with Crippen LogP contribution in [0.4, 0.5) is 0 Å². The average Bonchev–Trinajstić information content (AvgIpc) is 2.64. The topological polar surface area (TPSA) is 110 Å². The molecule has 134 valence electrons. The molecule has 0 aliphatic carbocycles. The predicted octanol–water partition coefficient (Wildman–Crippen LogP) is 2.70. The molecule has 0 unspecified atom stereocenters. The minimum atomic E-state index is -0.683. The van der Waals surface area contributed by atoms with Crippen LogP contribution in [0.2, 0.25) is 0 Å². The maximum absolute atomic E-state index is 12.5.